The Morgan fingerprint density at radius 1 is 1.30 bits per heavy atom. The van der Waals surface area contributed by atoms with Gasteiger partial charge < -0.3 is 14.3 Å². The lowest BCUT2D eigenvalue weighted by Gasteiger charge is -2.20. The summed E-state index contributed by atoms with van der Waals surface area (Å²) < 4.78 is 10.6. The summed E-state index contributed by atoms with van der Waals surface area (Å²) in [5, 5.41) is 12.5. The van der Waals surface area contributed by atoms with Gasteiger partial charge in [0.25, 0.3) is 0 Å². The van der Waals surface area contributed by atoms with Crippen LogP contribution in [0.15, 0.2) is 39.5 Å². The molecule has 2 aromatic heterocycles. The third-order valence-corrected chi connectivity index (χ3v) is 4.91. The zero-order valence-electron chi connectivity index (χ0n) is 14.1. The van der Waals surface area contributed by atoms with Crippen LogP contribution in [-0.2, 0) is 0 Å². The molecule has 0 radical (unpaired) electrons. The predicted octanol–water partition coefficient (Wildman–Crippen LogP) is 3.88. The molecular weight excluding hydrogens is 396 g/mol. The molecule has 140 valence electrons. The lowest BCUT2D eigenvalue weighted by Crippen LogP contribution is -2.31. The van der Waals surface area contributed by atoms with E-state index in [0.29, 0.717) is 26.2 Å². The second-order valence-corrected chi connectivity index (χ2v) is 6.92. The third kappa shape index (κ3) is 3.74. The highest BCUT2D eigenvalue weighted by molar-refractivity contribution is 7.22. The number of carbonyl (C=O) groups is 2. The summed E-state index contributed by atoms with van der Waals surface area (Å²) in [4.78, 5) is 36.5. The number of hydrogen-bond acceptors (Lipinski definition) is 6. The van der Waals surface area contributed by atoms with Crippen LogP contribution in [0.25, 0.3) is 10.3 Å². The van der Waals surface area contributed by atoms with E-state index >= 15 is 0 Å². The summed E-state index contributed by atoms with van der Waals surface area (Å²) in [6, 6.07) is 7.06. The first-order chi connectivity index (χ1) is 12.8. The Morgan fingerprint density at radius 2 is 2.04 bits per heavy atom. The number of fused-ring (bicyclic) bond motifs is 1. The van der Waals surface area contributed by atoms with Gasteiger partial charge >= 0.3 is 17.6 Å². The van der Waals surface area contributed by atoms with Gasteiger partial charge in [0, 0.05) is 24.2 Å². The van der Waals surface area contributed by atoms with Crippen molar-refractivity contribution in [3.05, 3.63) is 51.3 Å². The van der Waals surface area contributed by atoms with Gasteiger partial charge in [0.05, 0.1) is 17.5 Å². The van der Waals surface area contributed by atoms with Crippen LogP contribution in [0.5, 0.6) is 5.75 Å². The molecule has 3 rings (SSSR count). The van der Waals surface area contributed by atoms with Crippen molar-refractivity contribution in [2.24, 2.45) is 0 Å². The molecule has 8 nitrogen and oxygen atoms in total. The molecule has 2 amide bonds. The molecule has 0 aliphatic carbocycles. The number of amides is 2. The van der Waals surface area contributed by atoms with E-state index < -0.39 is 23.2 Å². The number of anilines is 2. The number of ether oxygens (including phenoxy) is 1. The number of carboxylic acids is 1. The van der Waals surface area contributed by atoms with Gasteiger partial charge in [-0.25, -0.2) is 14.4 Å². The first kappa shape index (κ1) is 18.7. The molecule has 0 saturated carbocycles. The largest absolute Gasteiger partial charge is 0.495 e. The predicted molar refractivity (Wildman–Crippen MR) is 103 cm³/mol. The molecule has 0 aliphatic rings. The minimum absolute atomic E-state index is 0.192. The van der Waals surface area contributed by atoms with Crippen molar-refractivity contribution in [1.29, 1.82) is 0 Å². The smallest absolute Gasteiger partial charge is 0.351 e. The first-order valence-electron chi connectivity index (χ1n) is 7.49. The number of hydrogen-bond donors (Lipinski definition) is 2. The molecule has 0 unspecified atom stereocenters. The van der Waals surface area contributed by atoms with Crippen molar-refractivity contribution in [3.63, 3.8) is 0 Å². The van der Waals surface area contributed by atoms with Crippen molar-refractivity contribution in [2.75, 3.05) is 24.4 Å². The number of urea groups is 1. The van der Waals surface area contributed by atoms with Crippen molar-refractivity contribution in [3.8, 4) is 5.75 Å². The lowest BCUT2D eigenvalue weighted by atomic mass is 10.2. The molecule has 2 heterocycles. The van der Waals surface area contributed by atoms with Crippen LogP contribution >= 0.6 is 22.9 Å². The Hall–Kier alpha value is -3.04. The minimum Gasteiger partial charge on any atom is -0.495 e. The van der Waals surface area contributed by atoms with Gasteiger partial charge in [0.2, 0.25) is 0 Å². The van der Waals surface area contributed by atoms with Gasteiger partial charge in [0.15, 0.2) is 5.58 Å². The van der Waals surface area contributed by atoms with Crippen LogP contribution < -0.4 is 20.6 Å². The van der Waals surface area contributed by atoms with E-state index in [1.165, 1.54) is 24.1 Å². The van der Waals surface area contributed by atoms with Crippen LogP contribution in [0.1, 0.15) is 10.4 Å². The molecule has 2 N–H and O–H groups in total. The maximum absolute atomic E-state index is 12.5. The fraction of sp³-hybridized carbons (Fsp3) is 0.118. The molecule has 0 bridgehead atoms. The van der Waals surface area contributed by atoms with E-state index in [4.69, 9.17) is 25.9 Å². The molecule has 0 spiro atoms. The second kappa shape index (κ2) is 7.29. The average Bonchev–Trinajstić information content (AvgIpc) is 3.00. The number of thiophene rings is 1. The Morgan fingerprint density at radius 3 is 2.70 bits per heavy atom. The summed E-state index contributed by atoms with van der Waals surface area (Å²) >= 11 is 7.01. The van der Waals surface area contributed by atoms with E-state index in [2.05, 4.69) is 5.32 Å². The first-order valence-corrected chi connectivity index (χ1v) is 8.69. The molecule has 27 heavy (non-hydrogen) atoms. The van der Waals surface area contributed by atoms with Crippen LogP contribution in [-0.4, -0.2) is 31.3 Å². The summed E-state index contributed by atoms with van der Waals surface area (Å²) in [5.74, 6) is -0.951. The number of nitrogens with zero attached hydrogens (tertiary/aromatic N) is 1. The Bertz CT molecular complexity index is 1110. The molecule has 1 aromatic carbocycles. The van der Waals surface area contributed by atoms with Gasteiger partial charge in [-0.05, 0) is 18.2 Å². The van der Waals surface area contributed by atoms with Gasteiger partial charge in [0.1, 0.15) is 16.3 Å². The Kier molecular flexibility index (Phi) is 5.06. The van der Waals surface area contributed by atoms with Crippen LogP contribution in [0, 0.1) is 0 Å². The zero-order valence-corrected chi connectivity index (χ0v) is 15.7. The van der Waals surface area contributed by atoms with E-state index in [1.807, 2.05) is 0 Å². The van der Waals surface area contributed by atoms with Gasteiger partial charge in [-0.2, -0.15) is 0 Å². The Labute approximate surface area is 161 Å². The lowest BCUT2D eigenvalue weighted by molar-refractivity contribution is 0.0692. The number of nitrogens with one attached hydrogen (secondary N) is 1. The van der Waals surface area contributed by atoms with Crippen molar-refractivity contribution in [1.82, 2.24) is 0 Å². The normalized spacial score (nSPS) is 10.6. The molecule has 0 aliphatic heterocycles. The fourth-order valence-electron chi connectivity index (χ4n) is 2.35. The number of carboxylic acid groups (broad SMARTS) is 1. The number of rotatable bonds is 4. The van der Waals surface area contributed by atoms with Gasteiger partial charge in [-0.1, -0.05) is 11.6 Å². The van der Waals surface area contributed by atoms with Crippen molar-refractivity contribution in [2.45, 2.75) is 0 Å². The van der Waals surface area contributed by atoms with E-state index in [1.54, 1.807) is 25.2 Å². The quantitative estimate of drug-likeness (QED) is 0.678. The minimum atomic E-state index is -1.38. The number of methoxy groups -OCH3 is 1. The number of carbonyl (C=O) groups excluding carboxylic acids is 1. The maximum atomic E-state index is 12.5. The van der Waals surface area contributed by atoms with Crippen molar-refractivity contribution >= 4 is 55.9 Å². The number of halogens is 1. The average molecular weight is 409 g/mol. The summed E-state index contributed by atoms with van der Waals surface area (Å²) in [6.45, 7) is 0. The van der Waals surface area contributed by atoms with Crippen molar-refractivity contribution < 1.29 is 23.8 Å². The van der Waals surface area contributed by atoms with Gasteiger partial charge in [-0.15, -0.1) is 11.3 Å². The second-order valence-electron chi connectivity index (χ2n) is 5.40. The fourth-order valence-corrected chi connectivity index (χ4v) is 3.43. The van der Waals surface area contributed by atoms with E-state index in [9.17, 15) is 14.4 Å². The number of benzene rings is 1. The van der Waals surface area contributed by atoms with Crippen LogP contribution in [0.2, 0.25) is 5.02 Å². The SMILES string of the molecule is COc1cc(Cl)ccc1N(C)C(=O)Nc1cc2oc(=O)c(C(=O)O)cc2s1. The zero-order chi connectivity index (χ0) is 19.7. The molecule has 3 aromatic rings. The molecule has 0 saturated heterocycles. The van der Waals surface area contributed by atoms with Crippen LogP contribution in [0.4, 0.5) is 15.5 Å². The van der Waals surface area contributed by atoms with Crippen LogP contribution in [0.3, 0.4) is 0 Å². The molecule has 0 atom stereocenters. The highest BCUT2D eigenvalue weighted by atomic mass is 35.5. The summed E-state index contributed by atoms with van der Waals surface area (Å²) in [5.41, 5.74) is -0.726. The summed E-state index contributed by atoms with van der Waals surface area (Å²) in [6.07, 6.45) is 0. The highest BCUT2D eigenvalue weighted by Crippen LogP contribution is 2.32. The molecular formula is C17H13ClN2O6S. The highest BCUT2D eigenvalue weighted by Gasteiger charge is 2.18. The topological polar surface area (TPSA) is 109 Å². The third-order valence-electron chi connectivity index (χ3n) is 3.69. The van der Waals surface area contributed by atoms with Gasteiger partial charge in [-0.3, -0.25) is 10.2 Å². The summed E-state index contributed by atoms with van der Waals surface area (Å²) in [7, 11) is 3.02. The standard InChI is InChI=1S/C17H13ClN2O6S/c1-20(10-4-3-8(18)5-11(10)25-2)17(24)19-14-7-12-13(27-14)6-9(15(21)22)16(23)26-12/h3-7H,1-2H3,(H,19,24)(H,21,22). The van der Waals surface area contributed by atoms with E-state index in [-0.39, 0.29) is 5.58 Å². The number of aromatic carboxylic acids is 1. The maximum Gasteiger partial charge on any atom is 0.351 e. The Balaban J connectivity index is 1.87. The van der Waals surface area contributed by atoms with E-state index in [0.717, 1.165) is 11.3 Å². The molecule has 0 fully saturated rings. The monoisotopic (exact) mass is 408 g/mol. The molecule has 10 heteroatoms.